The molecule has 236 valence electrons. The normalized spacial score (nSPS) is 12.6. The van der Waals surface area contributed by atoms with E-state index in [1.165, 1.54) is 6.42 Å². The molecule has 0 spiro atoms. The average Bonchev–Trinajstić information content (AvgIpc) is 2.89. The van der Waals surface area contributed by atoms with E-state index < -0.39 is 0 Å². The van der Waals surface area contributed by atoms with Crippen molar-refractivity contribution in [3.05, 3.63) is 0 Å². The fraction of sp³-hybridized carbons (Fsp3) is 1.00. The molecule has 0 aromatic carbocycles. The molecule has 0 rings (SSSR count). The van der Waals surface area contributed by atoms with Crippen molar-refractivity contribution in [2.45, 2.75) is 34.1 Å². The van der Waals surface area contributed by atoms with E-state index in [0.717, 1.165) is 124 Å². The van der Waals surface area contributed by atoms with E-state index in [1.807, 2.05) is 0 Å². The van der Waals surface area contributed by atoms with Gasteiger partial charge in [-0.2, -0.15) is 0 Å². The van der Waals surface area contributed by atoms with E-state index in [-0.39, 0.29) is 0 Å². The molecular weight excluding hydrogens is 490 g/mol. The molecular formula is C28H69N11. The van der Waals surface area contributed by atoms with Crippen LogP contribution in [-0.2, 0) is 0 Å². The SMILES string of the molecule is CCCN(CCN)CCNCCN(CCNCCN)CCN(CCNCC(C)(C)C)CCN(CCN)CCN. The molecule has 11 nitrogen and oxygen atoms in total. The van der Waals surface area contributed by atoms with Gasteiger partial charge in [0.05, 0.1) is 0 Å². The van der Waals surface area contributed by atoms with Gasteiger partial charge in [0.2, 0.25) is 0 Å². The summed E-state index contributed by atoms with van der Waals surface area (Å²) >= 11 is 0. The fourth-order valence-corrected chi connectivity index (χ4v) is 4.54. The summed E-state index contributed by atoms with van der Waals surface area (Å²) in [6.45, 7) is 29.9. The van der Waals surface area contributed by atoms with Gasteiger partial charge in [0, 0.05) is 137 Å². The van der Waals surface area contributed by atoms with Crippen LogP contribution < -0.4 is 38.9 Å². The van der Waals surface area contributed by atoms with Crippen molar-refractivity contribution in [1.29, 1.82) is 0 Å². The molecule has 0 aliphatic rings. The van der Waals surface area contributed by atoms with Gasteiger partial charge in [0.25, 0.3) is 0 Å². The smallest absolute Gasteiger partial charge is 0.0110 e. The predicted molar refractivity (Wildman–Crippen MR) is 170 cm³/mol. The highest BCUT2D eigenvalue weighted by atomic mass is 15.2. The Morgan fingerprint density at radius 3 is 1.18 bits per heavy atom. The van der Waals surface area contributed by atoms with Crippen molar-refractivity contribution in [1.82, 2.24) is 35.6 Å². The Bertz CT molecular complexity index is 492. The van der Waals surface area contributed by atoms with E-state index in [1.54, 1.807) is 0 Å². The number of hydrogen-bond donors (Lipinski definition) is 7. The van der Waals surface area contributed by atoms with E-state index >= 15 is 0 Å². The van der Waals surface area contributed by atoms with Crippen molar-refractivity contribution in [3.63, 3.8) is 0 Å². The third kappa shape index (κ3) is 25.0. The lowest BCUT2D eigenvalue weighted by Crippen LogP contribution is -2.46. The maximum absolute atomic E-state index is 5.85. The maximum Gasteiger partial charge on any atom is 0.0110 e. The monoisotopic (exact) mass is 560 g/mol. The number of hydrogen-bond acceptors (Lipinski definition) is 11. The highest BCUT2D eigenvalue weighted by molar-refractivity contribution is 4.72. The first-order chi connectivity index (χ1) is 18.8. The second kappa shape index (κ2) is 26.5. The second-order valence-electron chi connectivity index (χ2n) is 11.8. The first-order valence-electron chi connectivity index (χ1n) is 15.6. The maximum atomic E-state index is 5.85. The van der Waals surface area contributed by atoms with Crippen LogP contribution in [0.5, 0.6) is 0 Å². The lowest BCUT2D eigenvalue weighted by Gasteiger charge is -2.30. The lowest BCUT2D eigenvalue weighted by atomic mass is 9.97. The van der Waals surface area contributed by atoms with Crippen molar-refractivity contribution < 1.29 is 0 Å². The number of nitrogens with zero attached hydrogens (tertiary/aromatic N) is 4. The molecule has 0 fully saturated rings. The Balaban J connectivity index is 4.87. The minimum Gasteiger partial charge on any atom is -0.329 e. The molecule has 0 saturated carbocycles. The molecule has 0 aliphatic heterocycles. The Labute approximate surface area is 242 Å². The third-order valence-corrected chi connectivity index (χ3v) is 6.74. The van der Waals surface area contributed by atoms with Crippen LogP contribution in [0, 0.1) is 5.41 Å². The van der Waals surface area contributed by atoms with Crippen LogP contribution in [0.15, 0.2) is 0 Å². The number of rotatable bonds is 29. The highest BCUT2D eigenvalue weighted by Crippen LogP contribution is 2.09. The predicted octanol–water partition coefficient (Wildman–Crippen LogP) is -1.75. The molecule has 11 N–H and O–H groups in total. The summed E-state index contributed by atoms with van der Waals surface area (Å²) in [6, 6.07) is 0. The average molecular weight is 560 g/mol. The summed E-state index contributed by atoms with van der Waals surface area (Å²) in [5, 5.41) is 10.8. The van der Waals surface area contributed by atoms with Crippen molar-refractivity contribution in [2.24, 2.45) is 28.3 Å². The highest BCUT2D eigenvalue weighted by Gasteiger charge is 2.13. The molecule has 0 aromatic rings. The van der Waals surface area contributed by atoms with Crippen LogP contribution in [0.3, 0.4) is 0 Å². The van der Waals surface area contributed by atoms with Crippen LogP contribution in [0.25, 0.3) is 0 Å². The quantitative estimate of drug-likeness (QED) is 0.0523. The molecule has 0 aromatic heterocycles. The summed E-state index contributed by atoms with van der Waals surface area (Å²) in [5.74, 6) is 0. The summed E-state index contributed by atoms with van der Waals surface area (Å²) < 4.78 is 0. The van der Waals surface area contributed by atoms with E-state index in [9.17, 15) is 0 Å². The number of nitrogens with one attached hydrogen (secondary N) is 3. The zero-order chi connectivity index (χ0) is 29.2. The lowest BCUT2D eigenvalue weighted by molar-refractivity contribution is 0.176. The van der Waals surface area contributed by atoms with Gasteiger partial charge in [-0.1, -0.05) is 27.7 Å². The van der Waals surface area contributed by atoms with Crippen LogP contribution >= 0.6 is 0 Å². The molecule has 39 heavy (non-hydrogen) atoms. The van der Waals surface area contributed by atoms with Crippen molar-refractivity contribution in [3.8, 4) is 0 Å². The molecule has 0 aliphatic carbocycles. The van der Waals surface area contributed by atoms with Gasteiger partial charge in [-0.25, -0.2) is 0 Å². The first-order valence-corrected chi connectivity index (χ1v) is 15.6. The molecule has 11 heteroatoms. The second-order valence-corrected chi connectivity index (χ2v) is 11.8. The minimum absolute atomic E-state index is 0.294. The Kier molecular flexibility index (Phi) is 26.2. The summed E-state index contributed by atoms with van der Waals surface area (Å²) in [4.78, 5) is 10.0. The first kappa shape index (κ1) is 38.6. The Morgan fingerprint density at radius 1 is 0.436 bits per heavy atom. The number of nitrogens with two attached hydrogens (primary N) is 4. The Morgan fingerprint density at radius 2 is 0.795 bits per heavy atom. The molecule has 0 radical (unpaired) electrons. The van der Waals surface area contributed by atoms with Crippen molar-refractivity contribution in [2.75, 3.05) is 144 Å². The zero-order valence-electron chi connectivity index (χ0n) is 26.4. The van der Waals surface area contributed by atoms with Crippen molar-refractivity contribution >= 4 is 0 Å². The molecule has 0 heterocycles. The fourth-order valence-electron chi connectivity index (χ4n) is 4.54. The summed E-state index contributed by atoms with van der Waals surface area (Å²) in [6.07, 6.45) is 1.17. The van der Waals surface area contributed by atoms with Gasteiger partial charge < -0.3 is 43.8 Å². The molecule has 0 unspecified atom stereocenters. The van der Waals surface area contributed by atoms with Crippen LogP contribution in [0.1, 0.15) is 34.1 Å². The topological polar surface area (TPSA) is 153 Å². The van der Waals surface area contributed by atoms with E-state index in [4.69, 9.17) is 22.9 Å². The van der Waals surface area contributed by atoms with Gasteiger partial charge in [-0.3, -0.25) is 14.7 Å². The van der Waals surface area contributed by atoms with Gasteiger partial charge in [-0.15, -0.1) is 0 Å². The van der Waals surface area contributed by atoms with Gasteiger partial charge >= 0.3 is 0 Å². The van der Waals surface area contributed by atoms with Crippen LogP contribution in [-0.4, -0.2) is 164 Å². The van der Waals surface area contributed by atoms with E-state index in [2.05, 4.69) is 63.2 Å². The molecule has 0 amide bonds. The third-order valence-electron chi connectivity index (χ3n) is 6.74. The minimum atomic E-state index is 0.294. The molecule has 0 bridgehead atoms. The molecule has 0 atom stereocenters. The van der Waals surface area contributed by atoms with Gasteiger partial charge in [0.15, 0.2) is 0 Å². The van der Waals surface area contributed by atoms with Crippen LogP contribution in [0.2, 0.25) is 0 Å². The van der Waals surface area contributed by atoms with Gasteiger partial charge in [0.1, 0.15) is 0 Å². The zero-order valence-corrected chi connectivity index (χ0v) is 26.4. The summed E-state index contributed by atoms with van der Waals surface area (Å²) in [5.41, 5.74) is 23.4. The molecule has 0 saturated heterocycles. The van der Waals surface area contributed by atoms with E-state index in [0.29, 0.717) is 25.0 Å². The largest absolute Gasteiger partial charge is 0.329 e. The Hall–Kier alpha value is -0.440. The van der Waals surface area contributed by atoms with Gasteiger partial charge in [-0.05, 0) is 18.4 Å². The van der Waals surface area contributed by atoms with Crippen LogP contribution in [0.4, 0.5) is 0 Å². The standard InChI is InChI=1S/C28H69N11/c1-5-15-36(16-7-30)19-12-34-13-21-38(20-11-33-10-6-29)24-26-39(22-14-35-27-28(2,3)4)25-23-37(17-8-31)18-9-32/h33-35H,5-27,29-32H2,1-4H3. The summed E-state index contributed by atoms with van der Waals surface area (Å²) in [7, 11) is 0.